The molecule has 0 aromatic heterocycles. The van der Waals surface area contributed by atoms with Crippen molar-refractivity contribution in [2.24, 2.45) is 0 Å². The third kappa shape index (κ3) is 3.47. The minimum Gasteiger partial charge on any atom is -0.504 e. The number of nitrogens with one attached hydrogen (secondary N) is 1. The van der Waals surface area contributed by atoms with E-state index in [4.69, 9.17) is 0 Å². The summed E-state index contributed by atoms with van der Waals surface area (Å²) in [5, 5.41) is 31.8. The third-order valence-corrected chi connectivity index (χ3v) is 3.65. The summed E-state index contributed by atoms with van der Waals surface area (Å²) in [4.78, 5) is 0. The normalized spacial score (nSPS) is 11.5. The molecule has 0 bridgehead atoms. The first kappa shape index (κ1) is 15.2. The zero-order valence-electron chi connectivity index (χ0n) is 12.3. The summed E-state index contributed by atoms with van der Waals surface area (Å²) in [6, 6.07) is 13.2. The lowest BCUT2D eigenvalue weighted by atomic mass is 9.84. The van der Waals surface area contributed by atoms with Crippen LogP contribution in [0, 0.1) is 0 Å². The van der Waals surface area contributed by atoms with Gasteiger partial charge in [-0.25, -0.2) is 0 Å². The average molecular weight is 287 g/mol. The minimum atomic E-state index is -0.475. The topological polar surface area (TPSA) is 72.7 Å². The van der Waals surface area contributed by atoms with Gasteiger partial charge in [0.25, 0.3) is 0 Å². The Morgan fingerprint density at radius 1 is 0.905 bits per heavy atom. The van der Waals surface area contributed by atoms with Gasteiger partial charge in [0, 0.05) is 24.1 Å². The van der Waals surface area contributed by atoms with E-state index in [1.807, 2.05) is 18.2 Å². The van der Waals surface area contributed by atoms with Gasteiger partial charge < -0.3 is 20.6 Å². The Morgan fingerprint density at radius 2 is 1.57 bits per heavy atom. The second-order valence-electron chi connectivity index (χ2n) is 5.79. The number of phenolic OH excluding ortho intramolecular Hbond substituents is 3. The fourth-order valence-corrected chi connectivity index (χ4v) is 2.25. The number of phenols is 3. The Balaban J connectivity index is 2.00. The molecule has 0 atom stereocenters. The van der Waals surface area contributed by atoms with Gasteiger partial charge in [0.2, 0.25) is 5.75 Å². The molecule has 0 unspecified atom stereocenters. The summed E-state index contributed by atoms with van der Waals surface area (Å²) in [7, 11) is 0. The van der Waals surface area contributed by atoms with Gasteiger partial charge in [-0.05, 0) is 11.6 Å². The molecule has 2 rings (SSSR count). The molecule has 0 amide bonds. The van der Waals surface area contributed by atoms with Crippen LogP contribution in [0.2, 0.25) is 0 Å². The molecule has 4 N–H and O–H groups in total. The van der Waals surface area contributed by atoms with E-state index in [1.165, 1.54) is 11.6 Å². The Labute approximate surface area is 124 Å². The monoisotopic (exact) mass is 287 g/mol. The third-order valence-electron chi connectivity index (χ3n) is 3.65. The zero-order chi connectivity index (χ0) is 15.5. The molecule has 2 aromatic carbocycles. The highest BCUT2D eigenvalue weighted by Crippen LogP contribution is 2.36. The SMILES string of the molecule is CC(C)(CNCc1ccc(O)c(O)c1O)c1ccccc1. The quantitative estimate of drug-likeness (QED) is 0.638. The second-order valence-corrected chi connectivity index (χ2v) is 5.79. The highest BCUT2D eigenvalue weighted by molar-refractivity contribution is 5.53. The number of rotatable bonds is 5. The minimum absolute atomic E-state index is 0.0458. The molecule has 21 heavy (non-hydrogen) atoms. The van der Waals surface area contributed by atoms with Gasteiger partial charge in [-0.1, -0.05) is 50.2 Å². The molecule has 0 aliphatic carbocycles. The van der Waals surface area contributed by atoms with E-state index in [1.54, 1.807) is 6.07 Å². The molecule has 0 saturated carbocycles. The average Bonchev–Trinajstić information content (AvgIpc) is 2.48. The number of hydrogen-bond acceptors (Lipinski definition) is 4. The highest BCUT2D eigenvalue weighted by Gasteiger charge is 2.20. The predicted octanol–water partition coefficient (Wildman–Crippen LogP) is 2.87. The van der Waals surface area contributed by atoms with E-state index in [-0.39, 0.29) is 16.9 Å². The van der Waals surface area contributed by atoms with Crippen molar-refractivity contribution < 1.29 is 15.3 Å². The van der Waals surface area contributed by atoms with Crippen LogP contribution in [-0.4, -0.2) is 21.9 Å². The summed E-state index contributed by atoms with van der Waals surface area (Å²) < 4.78 is 0. The lowest BCUT2D eigenvalue weighted by molar-refractivity contribution is 0.363. The Bertz CT molecular complexity index is 609. The molecule has 4 nitrogen and oxygen atoms in total. The van der Waals surface area contributed by atoms with E-state index in [9.17, 15) is 15.3 Å². The Kier molecular flexibility index (Phi) is 4.38. The van der Waals surface area contributed by atoms with E-state index in [0.717, 1.165) is 6.54 Å². The zero-order valence-corrected chi connectivity index (χ0v) is 12.3. The van der Waals surface area contributed by atoms with Crippen molar-refractivity contribution in [3.05, 3.63) is 53.6 Å². The van der Waals surface area contributed by atoms with Crippen molar-refractivity contribution in [2.45, 2.75) is 25.8 Å². The van der Waals surface area contributed by atoms with E-state index in [0.29, 0.717) is 12.1 Å². The fourth-order valence-electron chi connectivity index (χ4n) is 2.25. The van der Waals surface area contributed by atoms with E-state index in [2.05, 4.69) is 31.3 Å². The molecule has 0 spiro atoms. The maximum atomic E-state index is 9.77. The summed E-state index contributed by atoms with van der Waals surface area (Å²) in [5.74, 6) is -1.07. The smallest absolute Gasteiger partial charge is 0.200 e. The summed E-state index contributed by atoms with van der Waals surface area (Å²) in [6.45, 7) is 5.42. The lowest BCUT2D eigenvalue weighted by Crippen LogP contribution is -2.32. The van der Waals surface area contributed by atoms with Gasteiger partial charge >= 0.3 is 0 Å². The van der Waals surface area contributed by atoms with Gasteiger partial charge in [0.05, 0.1) is 0 Å². The van der Waals surface area contributed by atoms with Crippen LogP contribution in [0.4, 0.5) is 0 Å². The lowest BCUT2D eigenvalue weighted by Gasteiger charge is -2.26. The molecule has 0 aliphatic heterocycles. The fraction of sp³-hybridized carbons (Fsp3) is 0.294. The Hall–Kier alpha value is -2.20. The summed E-state index contributed by atoms with van der Waals surface area (Å²) in [5.41, 5.74) is 1.74. The molecule has 0 heterocycles. The first-order chi connectivity index (χ1) is 9.92. The first-order valence-electron chi connectivity index (χ1n) is 6.91. The number of hydrogen-bond donors (Lipinski definition) is 4. The molecule has 0 saturated heterocycles. The van der Waals surface area contributed by atoms with Gasteiger partial charge in [-0.2, -0.15) is 0 Å². The van der Waals surface area contributed by atoms with Gasteiger partial charge in [0.15, 0.2) is 11.5 Å². The molecule has 112 valence electrons. The van der Waals surface area contributed by atoms with Gasteiger partial charge in [-0.3, -0.25) is 0 Å². The van der Waals surface area contributed by atoms with Crippen molar-refractivity contribution >= 4 is 0 Å². The van der Waals surface area contributed by atoms with Crippen LogP contribution in [0.15, 0.2) is 42.5 Å². The predicted molar refractivity (Wildman–Crippen MR) is 82.6 cm³/mol. The molecule has 0 radical (unpaired) electrons. The highest BCUT2D eigenvalue weighted by atomic mass is 16.3. The first-order valence-corrected chi connectivity index (χ1v) is 6.91. The Morgan fingerprint density at radius 3 is 2.24 bits per heavy atom. The van der Waals surface area contributed by atoms with Crippen molar-refractivity contribution in [1.82, 2.24) is 5.32 Å². The van der Waals surface area contributed by atoms with Crippen LogP contribution in [-0.2, 0) is 12.0 Å². The van der Waals surface area contributed by atoms with E-state index < -0.39 is 5.75 Å². The van der Waals surface area contributed by atoms with Crippen LogP contribution < -0.4 is 5.32 Å². The van der Waals surface area contributed by atoms with Crippen LogP contribution in [0.3, 0.4) is 0 Å². The van der Waals surface area contributed by atoms with Crippen LogP contribution in [0.1, 0.15) is 25.0 Å². The van der Waals surface area contributed by atoms with Crippen molar-refractivity contribution in [3.63, 3.8) is 0 Å². The second kappa shape index (κ2) is 6.06. The van der Waals surface area contributed by atoms with Gasteiger partial charge in [-0.15, -0.1) is 0 Å². The van der Waals surface area contributed by atoms with E-state index >= 15 is 0 Å². The van der Waals surface area contributed by atoms with Crippen LogP contribution in [0.25, 0.3) is 0 Å². The molecule has 2 aromatic rings. The standard InChI is InChI=1S/C17H21NO3/c1-17(2,13-6-4-3-5-7-13)11-18-10-12-8-9-14(19)16(21)15(12)20/h3-9,18-21H,10-11H2,1-2H3. The molecular formula is C17H21NO3. The summed E-state index contributed by atoms with van der Waals surface area (Å²) >= 11 is 0. The molecule has 0 aliphatic rings. The molecule has 0 fully saturated rings. The molecule has 4 heteroatoms. The van der Waals surface area contributed by atoms with Gasteiger partial charge in [0.1, 0.15) is 0 Å². The molecular weight excluding hydrogens is 266 g/mol. The number of benzene rings is 2. The number of aromatic hydroxyl groups is 3. The summed E-state index contributed by atoms with van der Waals surface area (Å²) in [6.07, 6.45) is 0. The van der Waals surface area contributed by atoms with Crippen LogP contribution in [0.5, 0.6) is 17.2 Å². The van der Waals surface area contributed by atoms with Crippen molar-refractivity contribution in [1.29, 1.82) is 0 Å². The van der Waals surface area contributed by atoms with Crippen LogP contribution >= 0.6 is 0 Å². The largest absolute Gasteiger partial charge is 0.504 e. The van der Waals surface area contributed by atoms with Crippen molar-refractivity contribution in [2.75, 3.05) is 6.54 Å². The maximum absolute atomic E-state index is 9.77. The maximum Gasteiger partial charge on any atom is 0.200 e. The van der Waals surface area contributed by atoms with Crippen molar-refractivity contribution in [3.8, 4) is 17.2 Å².